The number of benzene rings is 3. The van der Waals surface area contributed by atoms with Crippen LogP contribution in [0.1, 0.15) is 29.7 Å². The van der Waals surface area contributed by atoms with Crippen LogP contribution >= 0.6 is 0 Å². The van der Waals surface area contributed by atoms with Gasteiger partial charge < -0.3 is 9.47 Å². The van der Waals surface area contributed by atoms with Gasteiger partial charge in [-0.15, -0.1) is 15.0 Å². The van der Waals surface area contributed by atoms with E-state index >= 15 is 0 Å². The van der Waals surface area contributed by atoms with E-state index in [9.17, 15) is 31.1 Å². The summed E-state index contributed by atoms with van der Waals surface area (Å²) in [4.78, 5) is 13.6. The summed E-state index contributed by atoms with van der Waals surface area (Å²) in [7, 11) is 0. The van der Waals surface area contributed by atoms with Crippen molar-refractivity contribution in [1.82, 2.24) is 15.0 Å². The molecule has 188 valence electrons. The number of nitrogens with zero attached hydrogens (tertiary/aromatic N) is 3. The van der Waals surface area contributed by atoms with Crippen molar-refractivity contribution in [3.05, 3.63) is 83.4 Å². The Morgan fingerprint density at radius 1 is 0.861 bits per heavy atom. The zero-order chi connectivity index (χ0) is 26.1. The van der Waals surface area contributed by atoms with E-state index in [0.29, 0.717) is 11.0 Å². The quantitative estimate of drug-likeness (QED) is 0.231. The van der Waals surface area contributed by atoms with Crippen molar-refractivity contribution in [2.24, 2.45) is 0 Å². The summed E-state index contributed by atoms with van der Waals surface area (Å²) in [5.74, 6) is -1.16. The molecule has 0 N–H and O–H groups in total. The van der Waals surface area contributed by atoms with E-state index in [-0.39, 0.29) is 23.6 Å². The van der Waals surface area contributed by atoms with Gasteiger partial charge in [-0.05, 0) is 49.4 Å². The molecule has 36 heavy (non-hydrogen) atoms. The first-order chi connectivity index (χ1) is 17.0. The summed E-state index contributed by atoms with van der Waals surface area (Å²) in [6, 6.07) is 12.7. The normalized spacial score (nSPS) is 13.0. The van der Waals surface area contributed by atoms with Gasteiger partial charge in [-0.3, -0.25) is 0 Å². The number of esters is 1. The Hall–Kier alpha value is -4.09. The lowest BCUT2D eigenvalue weighted by Crippen LogP contribution is -2.22. The predicted octanol–water partition coefficient (Wildman–Crippen LogP) is 6.14. The first-order valence-corrected chi connectivity index (χ1v) is 10.5. The molecule has 0 fully saturated rings. The number of aromatic nitrogens is 3. The van der Waals surface area contributed by atoms with E-state index in [2.05, 4.69) is 10.2 Å². The lowest BCUT2D eigenvalue weighted by molar-refractivity contribution is -0.151. The highest BCUT2D eigenvalue weighted by atomic mass is 19.4. The van der Waals surface area contributed by atoms with Gasteiger partial charge in [-0.2, -0.15) is 26.3 Å². The number of carbonyl (C=O) groups excluding carboxylic acids is 1. The van der Waals surface area contributed by atoms with E-state index < -0.39 is 35.6 Å². The standard InChI is InChI=1S/C24H17F6N3O3/c1-2-35-22(34)21(14-7-9-15(10-8-14)23(25,26)27)36-20-12-11-16(24(28,29)30)13-19(20)33-31-17-5-3-4-6-18(17)32-33/h3-13,21H,2H2,1H3. The van der Waals surface area contributed by atoms with Gasteiger partial charge in [-0.25, -0.2) is 4.79 Å². The van der Waals surface area contributed by atoms with Crippen LogP contribution < -0.4 is 4.74 Å². The van der Waals surface area contributed by atoms with Crippen molar-refractivity contribution in [2.75, 3.05) is 6.61 Å². The molecule has 1 aromatic heterocycles. The van der Waals surface area contributed by atoms with Gasteiger partial charge in [0.25, 0.3) is 0 Å². The molecular weight excluding hydrogens is 492 g/mol. The molecule has 0 aliphatic carbocycles. The SMILES string of the molecule is CCOC(=O)C(Oc1ccc(C(F)(F)F)cc1-n1nc2ccccc2n1)c1ccc(C(F)(F)F)cc1. The smallest absolute Gasteiger partial charge is 0.416 e. The van der Waals surface area contributed by atoms with Crippen molar-refractivity contribution in [3.63, 3.8) is 0 Å². The van der Waals surface area contributed by atoms with Gasteiger partial charge >= 0.3 is 18.3 Å². The van der Waals surface area contributed by atoms with E-state index in [4.69, 9.17) is 9.47 Å². The zero-order valence-electron chi connectivity index (χ0n) is 18.5. The molecule has 0 amide bonds. The largest absolute Gasteiger partial charge is 0.472 e. The Kier molecular flexibility index (Phi) is 6.61. The molecule has 1 unspecified atom stereocenters. The maximum Gasteiger partial charge on any atom is 0.416 e. The number of rotatable bonds is 6. The maximum atomic E-state index is 13.5. The fraction of sp³-hybridized carbons (Fsp3) is 0.208. The molecule has 4 aromatic rings. The molecule has 0 radical (unpaired) electrons. The van der Waals surface area contributed by atoms with Crippen LogP contribution in [0.4, 0.5) is 26.3 Å². The molecule has 4 rings (SSSR count). The highest BCUT2D eigenvalue weighted by Crippen LogP contribution is 2.36. The van der Waals surface area contributed by atoms with Crippen LogP contribution in [-0.2, 0) is 21.9 Å². The van der Waals surface area contributed by atoms with E-state index in [0.717, 1.165) is 47.3 Å². The van der Waals surface area contributed by atoms with Gasteiger partial charge in [0.2, 0.25) is 6.10 Å². The molecule has 0 aliphatic rings. The summed E-state index contributed by atoms with van der Waals surface area (Å²) in [5, 5.41) is 8.37. The van der Waals surface area contributed by atoms with Crippen LogP contribution in [0, 0.1) is 0 Å². The lowest BCUT2D eigenvalue weighted by atomic mass is 10.1. The number of halogens is 6. The molecule has 0 spiro atoms. The van der Waals surface area contributed by atoms with Crippen LogP contribution in [0.15, 0.2) is 66.7 Å². The number of hydrogen-bond acceptors (Lipinski definition) is 5. The Balaban J connectivity index is 1.80. The third kappa shape index (κ3) is 5.26. The minimum absolute atomic E-state index is 0.00545. The maximum absolute atomic E-state index is 13.5. The van der Waals surface area contributed by atoms with E-state index in [1.54, 1.807) is 24.3 Å². The number of fused-ring (bicyclic) bond motifs is 1. The van der Waals surface area contributed by atoms with Crippen LogP contribution in [-0.4, -0.2) is 27.6 Å². The fourth-order valence-electron chi connectivity index (χ4n) is 3.36. The predicted molar refractivity (Wildman–Crippen MR) is 115 cm³/mol. The number of alkyl halides is 6. The fourth-order valence-corrected chi connectivity index (χ4v) is 3.36. The van der Waals surface area contributed by atoms with Gasteiger partial charge in [0.1, 0.15) is 22.5 Å². The van der Waals surface area contributed by atoms with Crippen molar-refractivity contribution < 1.29 is 40.6 Å². The molecule has 1 heterocycles. The third-order valence-corrected chi connectivity index (χ3v) is 5.07. The highest BCUT2D eigenvalue weighted by molar-refractivity contribution is 5.77. The van der Waals surface area contributed by atoms with Gasteiger partial charge in [0.05, 0.1) is 17.7 Å². The molecule has 3 aromatic carbocycles. The molecule has 12 heteroatoms. The molecule has 0 saturated carbocycles. The van der Waals surface area contributed by atoms with E-state index in [1.807, 2.05) is 0 Å². The summed E-state index contributed by atoms with van der Waals surface area (Å²) in [5.41, 5.74) is -1.41. The number of ether oxygens (including phenoxy) is 2. The Morgan fingerprint density at radius 2 is 1.42 bits per heavy atom. The molecular formula is C24H17F6N3O3. The third-order valence-electron chi connectivity index (χ3n) is 5.07. The average molecular weight is 509 g/mol. The summed E-state index contributed by atoms with van der Waals surface area (Å²) in [6.07, 6.45) is -10.9. The van der Waals surface area contributed by atoms with Crippen LogP contribution in [0.5, 0.6) is 5.75 Å². The second-order valence-electron chi connectivity index (χ2n) is 7.53. The minimum atomic E-state index is -4.70. The molecule has 0 aliphatic heterocycles. The summed E-state index contributed by atoms with van der Waals surface area (Å²) >= 11 is 0. The first kappa shape index (κ1) is 25.0. The Bertz CT molecular complexity index is 1350. The Morgan fingerprint density at radius 3 is 1.94 bits per heavy atom. The minimum Gasteiger partial charge on any atom is -0.472 e. The molecule has 0 bridgehead atoms. The topological polar surface area (TPSA) is 66.2 Å². The van der Waals surface area contributed by atoms with Crippen molar-refractivity contribution >= 4 is 17.0 Å². The molecule has 1 atom stereocenters. The zero-order valence-corrected chi connectivity index (χ0v) is 18.5. The molecule has 6 nitrogen and oxygen atoms in total. The summed E-state index contributed by atoms with van der Waals surface area (Å²) in [6.45, 7) is 1.45. The monoisotopic (exact) mass is 509 g/mol. The van der Waals surface area contributed by atoms with Gasteiger partial charge in [0, 0.05) is 5.56 Å². The summed E-state index contributed by atoms with van der Waals surface area (Å²) < 4.78 is 90.1. The van der Waals surface area contributed by atoms with Crippen molar-refractivity contribution in [2.45, 2.75) is 25.4 Å². The Labute approximate surface area is 200 Å². The average Bonchev–Trinajstić information content (AvgIpc) is 3.26. The molecule has 0 saturated heterocycles. The van der Waals surface area contributed by atoms with Crippen molar-refractivity contribution in [3.8, 4) is 11.4 Å². The van der Waals surface area contributed by atoms with Crippen molar-refractivity contribution in [1.29, 1.82) is 0 Å². The second-order valence-corrected chi connectivity index (χ2v) is 7.53. The van der Waals surface area contributed by atoms with Crippen LogP contribution in [0.25, 0.3) is 16.7 Å². The number of hydrogen-bond donors (Lipinski definition) is 0. The van der Waals surface area contributed by atoms with Gasteiger partial charge in [-0.1, -0.05) is 24.3 Å². The van der Waals surface area contributed by atoms with E-state index in [1.165, 1.54) is 6.92 Å². The number of carbonyl (C=O) groups is 1. The van der Waals surface area contributed by atoms with Crippen LogP contribution in [0.3, 0.4) is 0 Å². The highest BCUT2D eigenvalue weighted by Gasteiger charge is 2.34. The van der Waals surface area contributed by atoms with Crippen LogP contribution in [0.2, 0.25) is 0 Å². The van der Waals surface area contributed by atoms with Gasteiger partial charge in [0.15, 0.2) is 0 Å². The lowest BCUT2D eigenvalue weighted by Gasteiger charge is -2.21. The second kappa shape index (κ2) is 9.51. The first-order valence-electron chi connectivity index (χ1n) is 10.5.